The molecule has 6 aromatic rings. The second-order valence-corrected chi connectivity index (χ2v) is 23.0. The van der Waals surface area contributed by atoms with Gasteiger partial charge in [-0.2, -0.15) is 0 Å². The Labute approximate surface area is 533 Å². The maximum Gasteiger partial charge on any atom is 0.263 e. The number of anilines is 2. The first-order valence-corrected chi connectivity index (χ1v) is 31.5. The van der Waals surface area contributed by atoms with Gasteiger partial charge in [0.2, 0.25) is 24.1 Å². The highest BCUT2D eigenvalue weighted by Crippen LogP contribution is 2.44. The van der Waals surface area contributed by atoms with Crippen molar-refractivity contribution in [3.8, 4) is 17.2 Å². The van der Waals surface area contributed by atoms with Gasteiger partial charge in [0.1, 0.15) is 29.9 Å². The van der Waals surface area contributed by atoms with E-state index in [-0.39, 0.29) is 36.4 Å². The van der Waals surface area contributed by atoms with E-state index in [1.165, 1.54) is 41.5 Å². The monoisotopic (exact) mass is 1290 g/mol. The molecule has 2 aliphatic rings. The first-order valence-electron chi connectivity index (χ1n) is 30.6. The molecule has 0 bridgehead atoms. The fourth-order valence-electron chi connectivity index (χ4n) is 9.94. The molecule has 21 nitrogen and oxygen atoms in total. The van der Waals surface area contributed by atoms with Crippen LogP contribution < -0.4 is 30.2 Å². The molecule has 0 spiro atoms. The van der Waals surface area contributed by atoms with Crippen molar-refractivity contribution in [1.82, 2.24) is 44.9 Å². The Balaban J connectivity index is 0.000000593. The minimum absolute atomic E-state index is 0.0492. The molecule has 4 aromatic carbocycles. The molecular formula is C65H85F4N11O10S. The molecule has 2 fully saturated rings. The standard InChI is InChI=1S/C54H67F4N7O9.C11H18N4OS/c1-63(24-28-71-31-30-70-27-22-45-38-64(62-61-45)25-29-72-32-33-74-49-19-13-44(14-20-49)60-39-66)23-3-4-26-73-48-17-8-40(9-18-48)12-21-50(67)65(46-35-54(57,58)36-46)51(42-6-5-7-43(34-42)52(55)56)53(68)59-37-41-10-15-47(69-2)16-11-41;1-12-11-13-9(8-17-11)7-10(16)15-5-3-14(2)4-6-15/h5-11,13-20,34,38-39,46,51-52H,3-4,12,21-33,35-37H2,1-2H3,(H,59,68)(H,60,66);8H,3-7H2,1-2H3,(H,12,13). The van der Waals surface area contributed by atoms with Gasteiger partial charge >= 0.3 is 0 Å². The van der Waals surface area contributed by atoms with Crippen LogP contribution in [0.25, 0.3) is 0 Å². The number of aromatic nitrogens is 4. The predicted octanol–water partition coefficient (Wildman–Crippen LogP) is 8.37. The van der Waals surface area contributed by atoms with Crippen LogP contribution in [0.15, 0.2) is 109 Å². The van der Waals surface area contributed by atoms with Crippen molar-refractivity contribution in [3.63, 3.8) is 0 Å². The van der Waals surface area contributed by atoms with Gasteiger partial charge in [-0.15, -0.1) is 16.4 Å². The Kier molecular flexibility index (Phi) is 29.2. The van der Waals surface area contributed by atoms with Crippen molar-refractivity contribution in [2.75, 3.05) is 131 Å². The van der Waals surface area contributed by atoms with Crippen LogP contribution in [0.2, 0.25) is 0 Å². The predicted molar refractivity (Wildman–Crippen MR) is 338 cm³/mol. The summed E-state index contributed by atoms with van der Waals surface area (Å²) < 4.78 is 92.1. The van der Waals surface area contributed by atoms with E-state index in [1.54, 1.807) is 53.2 Å². The molecule has 1 atom stereocenters. The molecule has 3 heterocycles. The molecular weight excluding hydrogens is 1200 g/mol. The number of amides is 4. The number of hydrogen-bond donors (Lipinski definition) is 3. The van der Waals surface area contributed by atoms with Gasteiger partial charge in [-0.1, -0.05) is 47.7 Å². The number of methoxy groups -OCH3 is 1. The van der Waals surface area contributed by atoms with Crippen molar-refractivity contribution in [3.05, 3.63) is 142 Å². The van der Waals surface area contributed by atoms with Crippen molar-refractivity contribution in [1.29, 1.82) is 0 Å². The van der Waals surface area contributed by atoms with Gasteiger partial charge in [0.25, 0.3) is 12.3 Å². The largest absolute Gasteiger partial charge is 0.497 e. The number of carbonyl (C=O) groups is 4. The van der Waals surface area contributed by atoms with Gasteiger partial charge < -0.3 is 64.0 Å². The normalized spacial score (nSPS) is 14.2. The van der Waals surface area contributed by atoms with Gasteiger partial charge in [0, 0.05) is 101 Å². The second-order valence-electron chi connectivity index (χ2n) is 22.1. The smallest absolute Gasteiger partial charge is 0.263 e. The number of nitrogens with one attached hydrogen (secondary N) is 3. The lowest BCUT2D eigenvalue weighted by molar-refractivity contribution is -0.164. The molecule has 1 unspecified atom stereocenters. The van der Waals surface area contributed by atoms with Crippen LogP contribution >= 0.6 is 11.3 Å². The summed E-state index contributed by atoms with van der Waals surface area (Å²) in [6.45, 7) is 9.69. The van der Waals surface area contributed by atoms with Crippen molar-refractivity contribution < 1.29 is 65.2 Å². The van der Waals surface area contributed by atoms with Gasteiger partial charge in [0.05, 0.1) is 77.7 Å². The van der Waals surface area contributed by atoms with E-state index in [9.17, 15) is 36.7 Å². The number of alkyl halides is 4. The van der Waals surface area contributed by atoms with Crippen LogP contribution in [0.1, 0.15) is 78.2 Å². The van der Waals surface area contributed by atoms with E-state index in [0.29, 0.717) is 107 Å². The van der Waals surface area contributed by atoms with Crippen molar-refractivity contribution in [2.24, 2.45) is 0 Å². The number of aryl methyl sites for hydroxylation is 1. The van der Waals surface area contributed by atoms with Crippen molar-refractivity contribution in [2.45, 2.75) is 88.9 Å². The number of carbonyl (C=O) groups excluding carboxylic acids is 4. The van der Waals surface area contributed by atoms with Crippen LogP contribution in [-0.2, 0) is 65.7 Å². The molecule has 1 saturated carbocycles. The zero-order valence-corrected chi connectivity index (χ0v) is 53.1. The molecule has 2 aromatic heterocycles. The summed E-state index contributed by atoms with van der Waals surface area (Å²) in [5.41, 5.74) is 3.67. The summed E-state index contributed by atoms with van der Waals surface area (Å²) in [5, 5.41) is 19.5. The zero-order valence-electron chi connectivity index (χ0n) is 52.3. The number of benzene rings is 4. The lowest BCUT2D eigenvalue weighted by Gasteiger charge is -2.45. The van der Waals surface area contributed by atoms with E-state index in [2.05, 4.69) is 48.1 Å². The van der Waals surface area contributed by atoms with E-state index in [4.69, 9.17) is 28.4 Å². The SMILES string of the molecule is CNc1nc(CC(=O)N2CCN(C)CC2)cs1.COc1ccc(CNC(=O)C(c2cccc(C(F)F)c2)N(C(=O)CCc2ccc(OCCCCN(C)CCOCCOCCc3cn(CCOCCOc4ccc(NC=O)cc4)nn3)cc2)C2CC(F)(F)C2)cc1. The lowest BCUT2D eigenvalue weighted by Crippen LogP contribution is -2.56. The maximum atomic E-state index is 14.4. The Hall–Kier alpha value is -7.75. The number of likely N-dealkylation sites (N-methyl/N-ethyl adjacent to an activating group) is 2. The summed E-state index contributed by atoms with van der Waals surface area (Å²) in [5.74, 6) is -2.07. The number of hydrogen-bond acceptors (Lipinski definition) is 17. The van der Waals surface area contributed by atoms with Crippen LogP contribution in [0.5, 0.6) is 17.2 Å². The topological polar surface area (TPSA) is 216 Å². The van der Waals surface area contributed by atoms with E-state index in [0.717, 1.165) is 80.3 Å². The number of rotatable bonds is 38. The van der Waals surface area contributed by atoms with Crippen molar-refractivity contribution >= 4 is 46.3 Å². The molecule has 0 radical (unpaired) electrons. The minimum Gasteiger partial charge on any atom is -0.497 e. The number of nitrogens with zero attached hydrogens (tertiary/aromatic N) is 8. The van der Waals surface area contributed by atoms with E-state index < -0.39 is 49.1 Å². The average Bonchev–Trinajstić information content (AvgIpc) is 1.20. The third-order valence-corrected chi connectivity index (χ3v) is 16.1. The Morgan fingerprint density at radius 1 is 0.769 bits per heavy atom. The van der Waals surface area contributed by atoms with Crippen LogP contribution in [0.4, 0.5) is 28.4 Å². The molecule has 4 amide bonds. The van der Waals surface area contributed by atoms with Gasteiger partial charge in [-0.3, -0.25) is 19.2 Å². The van der Waals surface area contributed by atoms with Crippen LogP contribution in [0.3, 0.4) is 0 Å². The molecule has 1 saturated heterocycles. The van der Waals surface area contributed by atoms with Gasteiger partial charge in [0.15, 0.2) is 5.13 Å². The molecule has 26 heteroatoms. The zero-order chi connectivity index (χ0) is 64.8. The average molecular weight is 1290 g/mol. The van der Waals surface area contributed by atoms with Gasteiger partial charge in [-0.25, -0.2) is 27.2 Å². The Morgan fingerprint density at radius 2 is 1.43 bits per heavy atom. The third-order valence-electron chi connectivity index (χ3n) is 15.2. The number of piperazine rings is 1. The fourth-order valence-corrected chi connectivity index (χ4v) is 10.6. The highest BCUT2D eigenvalue weighted by molar-refractivity contribution is 7.13. The molecule has 91 heavy (non-hydrogen) atoms. The summed E-state index contributed by atoms with van der Waals surface area (Å²) in [6, 6.07) is 24.1. The highest BCUT2D eigenvalue weighted by Gasteiger charge is 2.52. The quantitative estimate of drug-likeness (QED) is 0.0189. The van der Waals surface area contributed by atoms with E-state index >= 15 is 0 Å². The summed E-state index contributed by atoms with van der Waals surface area (Å²) >= 11 is 1.54. The Bertz CT molecular complexity index is 3110. The molecule has 8 rings (SSSR count). The summed E-state index contributed by atoms with van der Waals surface area (Å²) in [6.07, 6.45) is 1.34. The molecule has 3 N–H and O–H groups in total. The Morgan fingerprint density at radius 3 is 2.11 bits per heavy atom. The number of thiazole rings is 1. The lowest BCUT2D eigenvalue weighted by atomic mass is 9.84. The van der Waals surface area contributed by atoms with Crippen LogP contribution in [-0.4, -0.2) is 196 Å². The summed E-state index contributed by atoms with van der Waals surface area (Å²) in [7, 11) is 7.49. The van der Waals surface area contributed by atoms with Gasteiger partial charge in [-0.05, 0) is 111 Å². The van der Waals surface area contributed by atoms with Crippen LogP contribution in [0, 0.1) is 0 Å². The fraction of sp³-hybridized carbons (Fsp3) is 0.492. The first kappa shape index (κ1) is 70.7. The first-order chi connectivity index (χ1) is 44.1. The number of ether oxygens (including phenoxy) is 6. The number of halogens is 4. The minimum atomic E-state index is -3.02. The number of unbranched alkanes of at least 4 members (excludes halogenated alkanes) is 1. The molecule has 1 aliphatic carbocycles. The summed E-state index contributed by atoms with van der Waals surface area (Å²) in [4.78, 5) is 62.5. The second kappa shape index (κ2) is 37.6. The maximum absolute atomic E-state index is 14.4. The third kappa shape index (κ3) is 24.4. The molecule has 494 valence electrons. The highest BCUT2D eigenvalue weighted by atomic mass is 32.1. The van der Waals surface area contributed by atoms with E-state index in [1.807, 2.05) is 54.8 Å². The molecule has 1 aliphatic heterocycles.